The zero-order valence-electron chi connectivity index (χ0n) is 14.6. The van der Waals surface area contributed by atoms with Crippen LogP contribution in [0.2, 0.25) is 5.02 Å². The normalized spacial score (nSPS) is 13.0. The molecule has 138 valence electrons. The van der Waals surface area contributed by atoms with E-state index in [1.807, 2.05) is 30.3 Å². The molecule has 0 radical (unpaired) electrons. The Hall–Kier alpha value is -2.15. The first-order valence-electron chi connectivity index (χ1n) is 8.14. The number of rotatable bonds is 5. The number of nitriles is 1. The van der Waals surface area contributed by atoms with Crippen molar-refractivity contribution in [2.24, 2.45) is 0 Å². The van der Waals surface area contributed by atoms with Gasteiger partial charge in [-0.3, -0.25) is 0 Å². The molecule has 27 heavy (non-hydrogen) atoms. The lowest BCUT2D eigenvalue weighted by Crippen LogP contribution is -2.23. The number of anilines is 1. The molecule has 1 heterocycles. The van der Waals surface area contributed by atoms with Gasteiger partial charge in [-0.15, -0.1) is 10.2 Å². The average Bonchev–Trinajstić information content (AvgIpc) is 3.13. The van der Waals surface area contributed by atoms with Gasteiger partial charge in [-0.05, 0) is 78.4 Å². The van der Waals surface area contributed by atoms with Crippen molar-refractivity contribution in [3.8, 4) is 17.5 Å². The van der Waals surface area contributed by atoms with Gasteiger partial charge < -0.3 is 14.8 Å². The van der Waals surface area contributed by atoms with E-state index in [0.717, 1.165) is 9.13 Å². The Morgan fingerprint density at radius 1 is 1.22 bits per heavy atom. The Bertz CT molecular complexity index is 996. The zero-order chi connectivity index (χ0) is 19.6. The number of hydrogen-bond donors (Lipinski definition) is 2. The summed E-state index contributed by atoms with van der Waals surface area (Å²) in [5, 5.41) is 31.1. The van der Waals surface area contributed by atoms with Gasteiger partial charge in [0.2, 0.25) is 11.8 Å². The first-order valence-corrected chi connectivity index (χ1v) is 9.59. The third kappa shape index (κ3) is 4.24. The van der Waals surface area contributed by atoms with Crippen molar-refractivity contribution in [2.45, 2.75) is 26.0 Å². The molecule has 0 aliphatic rings. The SMILES string of the molecule is Cc1c(N[C@H](c2nnc(-c3ccc(I)cc3)o2)C(C)O)ccc(C#N)c1Cl. The third-order valence-corrected chi connectivity index (χ3v) is 5.30. The van der Waals surface area contributed by atoms with E-state index in [0.29, 0.717) is 27.7 Å². The summed E-state index contributed by atoms with van der Waals surface area (Å²) < 4.78 is 6.89. The van der Waals surface area contributed by atoms with E-state index in [2.05, 4.69) is 38.1 Å². The second kappa shape index (κ2) is 8.25. The minimum absolute atomic E-state index is 0.262. The molecule has 0 spiro atoms. The van der Waals surface area contributed by atoms with E-state index >= 15 is 0 Å². The highest BCUT2D eigenvalue weighted by Crippen LogP contribution is 2.31. The number of nitrogens with zero attached hydrogens (tertiary/aromatic N) is 3. The number of aliphatic hydroxyl groups excluding tert-OH is 1. The lowest BCUT2D eigenvalue weighted by Gasteiger charge is -2.21. The minimum Gasteiger partial charge on any atom is -0.418 e. The van der Waals surface area contributed by atoms with E-state index < -0.39 is 12.1 Å². The highest BCUT2D eigenvalue weighted by molar-refractivity contribution is 14.1. The molecule has 0 fully saturated rings. The van der Waals surface area contributed by atoms with E-state index in [-0.39, 0.29) is 5.89 Å². The molecule has 2 atom stereocenters. The van der Waals surface area contributed by atoms with Crippen molar-refractivity contribution in [1.82, 2.24) is 10.2 Å². The molecule has 0 aliphatic heterocycles. The lowest BCUT2D eigenvalue weighted by molar-refractivity contribution is 0.159. The summed E-state index contributed by atoms with van der Waals surface area (Å²) in [7, 11) is 0. The molecule has 3 aromatic rings. The standard InChI is InChI=1S/C19H16ClIN4O2/c1-10-15(8-5-13(9-22)16(10)20)23-17(11(2)26)19-25-24-18(27-19)12-3-6-14(21)7-4-12/h3-8,11,17,23,26H,1-2H3/t11?,17-/m0/s1. The van der Waals surface area contributed by atoms with Gasteiger partial charge in [0.1, 0.15) is 12.1 Å². The van der Waals surface area contributed by atoms with Crippen molar-refractivity contribution < 1.29 is 9.52 Å². The Labute approximate surface area is 175 Å². The zero-order valence-corrected chi connectivity index (χ0v) is 17.5. The highest BCUT2D eigenvalue weighted by atomic mass is 127. The van der Waals surface area contributed by atoms with Crippen LogP contribution in [0.4, 0.5) is 5.69 Å². The first-order chi connectivity index (χ1) is 12.9. The van der Waals surface area contributed by atoms with E-state index in [4.69, 9.17) is 21.3 Å². The van der Waals surface area contributed by atoms with Gasteiger partial charge in [-0.1, -0.05) is 11.6 Å². The number of nitrogens with one attached hydrogen (secondary N) is 1. The smallest absolute Gasteiger partial charge is 0.247 e. The van der Waals surface area contributed by atoms with Crippen LogP contribution < -0.4 is 5.32 Å². The first kappa shape index (κ1) is 19.6. The van der Waals surface area contributed by atoms with Gasteiger partial charge in [0.25, 0.3) is 0 Å². The predicted octanol–water partition coefficient (Wildman–Crippen LogP) is 4.71. The van der Waals surface area contributed by atoms with Gasteiger partial charge in [0.05, 0.1) is 16.7 Å². The van der Waals surface area contributed by atoms with Crippen LogP contribution in [0.25, 0.3) is 11.5 Å². The summed E-state index contributed by atoms with van der Waals surface area (Å²) in [6.07, 6.45) is -0.802. The molecule has 1 aromatic heterocycles. The van der Waals surface area contributed by atoms with Gasteiger partial charge in [-0.25, -0.2) is 0 Å². The monoisotopic (exact) mass is 494 g/mol. The highest BCUT2D eigenvalue weighted by Gasteiger charge is 2.25. The Morgan fingerprint density at radius 3 is 2.56 bits per heavy atom. The molecule has 2 aromatic carbocycles. The maximum absolute atomic E-state index is 10.2. The van der Waals surface area contributed by atoms with E-state index in [1.165, 1.54) is 0 Å². The molecule has 0 saturated carbocycles. The summed E-state index contributed by atoms with van der Waals surface area (Å²) in [5.74, 6) is 0.641. The Morgan fingerprint density at radius 2 is 1.93 bits per heavy atom. The van der Waals surface area contributed by atoms with Crippen LogP contribution in [0.15, 0.2) is 40.8 Å². The fraction of sp³-hybridized carbons (Fsp3) is 0.211. The molecule has 3 rings (SSSR count). The van der Waals surface area contributed by atoms with Crippen LogP contribution in [-0.4, -0.2) is 21.4 Å². The molecule has 1 unspecified atom stereocenters. The van der Waals surface area contributed by atoms with Crippen molar-refractivity contribution in [3.63, 3.8) is 0 Å². The molecule has 0 bridgehead atoms. The number of aliphatic hydroxyl groups is 1. The van der Waals surface area contributed by atoms with Crippen molar-refractivity contribution in [2.75, 3.05) is 5.32 Å². The summed E-state index contributed by atoms with van der Waals surface area (Å²) in [4.78, 5) is 0. The van der Waals surface area contributed by atoms with Crippen molar-refractivity contribution in [1.29, 1.82) is 5.26 Å². The van der Waals surface area contributed by atoms with Crippen molar-refractivity contribution >= 4 is 39.9 Å². The summed E-state index contributed by atoms with van der Waals surface area (Å²) in [5.41, 5.74) is 2.58. The van der Waals surface area contributed by atoms with Crippen LogP contribution >= 0.6 is 34.2 Å². The summed E-state index contributed by atoms with van der Waals surface area (Å²) in [6.45, 7) is 3.43. The van der Waals surface area contributed by atoms with Crippen LogP contribution in [0, 0.1) is 21.8 Å². The fourth-order valence-corrected chi connectivity index (χ4v) is 3.12. The number of halogens is 2. The van der Waals surface area contributed by atoms with E-state index in [1.54, 1.807) is 26.0 Å². The molecular formula is C19H16ClIN4O2. The molecule has 6 nitrogen and oxygen atoms in total. The topological polar surface area (TPSA) is 95.0 Å². The second-order valence-corrected chi connectivity index (χ2v) is 7.65. The van der Waals surface area contributed by atoms with Crippen LogP contribution in [-0.2, 0) is 0 Å². The molecule has 0 saturated heterocycles. The maximum Gasteiger partial charge on any atom is 0.247 e. The van der Waals surface area contributed by atoms with Gasteiger partial charge in [0.15, 0.2) is 0 Å². The number of aromatic nitrogens is 2. The van der Waals surface area contributed by atoms with Crippen molar-refractivity contribution in [3.05, 3.63) is 62.0 Å². The van der Waals surface area contributed by atoms with E-state index in [9.17, 15) is 5.11 Å². The quantitative estimate of drug-likeness (QED) is 0.499. The molecule has 0 amide bonds. The lowest BCUT2D eigenvalue weighted by atomic mass is 10.1. The second-order valence-electron chi connectivity index (χ2n) is 6.03. The summed E-state index contributed by atoms with van der Waals surface area (Å²) in [6, 6.07) is 12.5. The molecule has 8 heteroatoms. The van der Waals surface area contributed by atoms with Gasteiger partial charge >= 0.3 is 0 Å². The van der Waals surface area contributed by atoms with Crippen LogP contribution in [0.5, 0.6) is 0 Å². The number of hydrogen-bond acceptors (Lipinski definition) is 6. The Balaban J connectivity index is 1.90. The maximum atomic E-state index is 10.2. The van der Waals surface area contributed by atoms with Gasteiger partial charge in [-0.2, -0.15) is 5.26 Å². The Kier molecular flexibility index (Phi) is 5.99. The molecular weight excluding hydrogens is 479 g/mol. The largest absolute Gasteiger partial charge is 0.418 e. The minimum atomic E-state index is -0.802. The molecule has 2 N–H and O–H groups in total. The van der Waals surface area contributed by atoms with Crippen LogP contribution in [0.3, 0.4) is 0 Å². The molecule has 0 aliphatic carbocycles. The fourth-order valence-electron chi connectivity index (χ4n) is 2.55. The van der Waals surface area contributed by atoms with Gasteiger partial charge in [0, 0.05) is 14.8 Å². The predicted molar refractivity (Wildman–Crippen MR) is 111 cm³/mol. The summed E-state index contributed by atoms with van der Waals surface area (Å²) >= 11 is 8.45. The average molecular weight is 495 g/mol. The number of benzene rings is 2. The third-order valence-electron chi connectivity index (χ3n) is 4.10. The van der Waals surface area contributed by atoms with Crippen LogP contribution in [0.1, 0.15) is 30.0 Å².